The molecule has 2 amide bonds. The summed E-state index contributed by atoms with van der Waals surface area (Å²) in [6.45, 7) is 17.4. The van der Waals surface area contributed by atoms with E-state index in [4.69, 9.17) is 5.73 Å². The van der Waals surface area contributed by atoms with E-state index in [1.54, 1.807) is 18.9 Å². The number of carbonyl (C=O) groups excluding carboxylic acids is 4. The van der Waals surface area contributed by atoms with Crippen LogP contribution in [0, 0.1) is 41.5 Å². The molecule has 0 heterocycles. The van der Waals surface area contributed by atoms with E-state index in [-0.39, 0.29) is 11.8 Å². The first-order valence-electron chi connectivity index (χ1n) is 13.4. The number of hydrogen-bond donors (Lipinski definition) is 2. The highest BCUT2D eigenvalue weighted by molar-refractivity contribution is 9.11. The highest BCUT2D eigenvalue weighted by Gasteiger charge is 2.12. The highest BCUT2D eigenvalue weighted by Crippen LogP contribution is 2.28. The summed E-state index contributed by atoms with van der Waals surface area (Å²) in [7, 11) is 1.80. The normalized spacial score (nSPS) is 9.59. The van der Waals surface area contributed by atoms with E-state index < -0.39 is 11.9 Å². The number of aryl methyl sites for hydroxylation is 6. The third-order valence-electron chi connectivity index (χ3n) is 5.91. The molecule has 0 aromatic heterocycles. The summed E-state index contributed by atoms with van der Waals surface area (Å²) in [4.78, 5) is 43.4. The van der Waals surface area contributed by atoms with Gasteiger partial charge in [0.2, 0.25) is 11.8 Å². The van der Waals surface area contributed by atoms with Gasteiger partial charge in [-0.15, -0.1) is 0 Å². The first-order chi connectivity index (χ1) is 20.2. The Labute approximate surface area is 286 Å². The minimum absolute atomic E-state index is 0.0338. The summed E-state index contributed by atoms with van der Waals surface area (Å²) >= 11 is 10.2. The standard InChI is InChI=1S/C11H14BrNO.C10H12BrNO.C8H10BrN.C4H6O3/c1-7-5-10(12)6-8(2)11(7)13(4)9(3)14;1-6-4-9(11)5-7(2)10(6)12-8(3)13;1-5-3-7(9)4-6(2)8(5)10;1-3(5)7-4(2)6/h5-6H,1-4H3;4-5H,1-3H3,(H,12,13);3-4H,10H2,1-2H3;1-2H3. The second-order valence-electron chi connectivity index (χ2n) is 10.1. The van der Waals surface area contributed by atoms with E-state index in [1.165, 1.54) is 20.8 Å². The molecule has 3 N–H and O–H groups in total. The van der Waals surface area contributed by atoms with Crippen molar-refractivity contribution in [2.45, 2.75) is 69.2 Å². The van der Waals surface area contributed by atoms with Crippen molar-refractivity contribution >= 4 is 88.6 Å². The van der Waals surface area contributed by atoms with Gasteiger partial charge in [-0.25, -0.2) is 0 Å². The van der Waals surface area contributed by atoms with Gasteiger partial charge in [-0.2, -0.15) is 0 Å². The summed E-state index contributed by atoms with van der Waals surface area (Å²) in [5.41, 5.74) is 15.2. The molecule has 0 bridgehead atoms. The molecule has 11 heteroatoms. The molecule has 3 rings (SSSR count). The van der Waals surface area contributed by atoms with Crippen molar-refractivity contribution in [3.8, 4) is 0 Å². The summed E-state index contributed by atoms with van der Waals surface area (Å²) in [5.74, 6) is -1.10. The van der Waals surface area contributed by atoms with Crippen molar-refractivity contribution in [3.63, 3.8) is 0 Å². The Kier molecular flexibility index (Phi) is 18.1. The Hall–Kier alpha value is -3.02. The fourth-order valence-electron chi connectivity index (χ4n) is 4.00. The Morgan fingerprint density at radius 2 is 0.955 bits per heavy atom. The van der Waals surface area contributed by atoms with Gasteiger partial charge in [-0.1, -0.05) is 47.8 Å². The van der Waals surface area contributed by atoms with Gasteiger partial charge in [-0.05, 0) is 111 Å². The molecule has 44 heavy (non-hydrogen) atoms. The molecular formula is C33H42Br3N3O5. The van der Waals surface area contributed by atoms with Crippen LogP contribution in [0.15, 0.2) is 49.8 Å². The van der Waals surface area contributed by atoms with Crippen molar-refractivity contribution in [1.29, 1.82) is 0 Å². The molecule has 0 unspecified atom stereocenters. The zero-order chi connectivity index (χ0) is 34.5. The second kappa shape index (κ2) is 19.4. The summed E-state index contributed by atoms with van der Waals surface area (Å²) in [5, 5.41) is 2.81. The topological polar surface area (TPSA) is 119 Å². The Balaban J connectivity index is 0.000000577. The Morgan fingerprint density at radius 1 is 0.636 bits per heavy atom. The maximum atomic E-state index is 11.2. The summed E-state index contributed by atoms with van der Waals surface area (Å²) in [6, 6.07) is 12.0. The summed E-state index contributed by atoms with van der Waals surface area (Å²) < 4.78 is 7.15. The number of nitrogens with one attached hydrogen (secondary N) is 1. The molecule has 0 aliphatic rings. The maximum Gasteiger partial charge on any atom is 0.310 e. The van der Waals surface area contributed by atoms with Crippen LogP contribution in [0.4, 0.5) is 17.1 Å². The van der Waals surface area contributed by atoms with E-state index in [9.17, 15) is 19.2 Å². The number of hydrogen-bond acceptors (Lipinski definition) is 6. The van der Waals surface area contributed by atoms with Gasteiger partial charge in [0.25, 0.3) is 0 Å². The Bertz CT molecular complexity index is 1420. The number of esters is 2. The Morgan fingerprint density at radius 3 is 1.23 bits per heavy atom. The van der Waals surface area contributed by atoms with Gasteiger partial charge in [0.05, 0.1) is 0 Å². The lowest BCUT2D eigenvalue weighted by Crippen LogP contribution is -2.24. The molecule has 0 aliphatic carbocycles. The predicted molar refractivity (Wildman–Crippen MR) is 191 cm³/mol. The van der Waals surface area contributed by atoms with Crippen LogP contribution in [0.3, 0.4) is 0 Å². The quantitative estimate of drug-likeness (QED) is 0.152. The minimum atomic E-state index is -0.562. The predicted octanol–water partition coefficient (Wildman–Crippen LogP) is 8.82. The number of carbonyl (C=O) groups is 4. The number of halogens is 3. The SMILES string of the molecule is CC(=O)N(C)c1c(C)cc(Br)cc1C.CC(=O)Nc1c(C)cc(Br)cc1C.CC(=O)OC(C)=O.Cc1cc(Br)cc(C)c1N. The van der Waals surface area contributed by atoms with Gasteiger partial charge in [0, 0.05) is 65.2 Å². The average Bonchev–Trinajstić information content (AvgIpc) is 2.84. The van der Waals surface area contributed by atoms with Crippen molar-refractivity contribution in [2.75, 3.05) is 23.0 Å². The van der Waals surface area contributed by atoms with E-state index in [1.807, 2.05) is 77.9 Å². The van der Waals surface area contributed by atoms with E-state index in [0.29, 0.717) is 0 Å². The van der Waals surface area contributed by atoms with Crippen LogP contribution in [0.5, 0.6) is 0 Å². The lowest BCUT2D eigenvalue weighted by atomic mass is 10.1. The lowest BCUT2D eigenvalue weighted by Gasteiger charge is -2.20. The van der Waals surface area contributed by atoms with Crippen LogP contribution in [-0.2, 0) is 23.9 Å². The van der Waals surface area contributed by atoms with E-state index in [2.05, 4.69) is 57.8 Å². The molecule has 8 nitrogen and oxygen atoms in total. The number of amides is 2. The molecule has 0 spiro atoms. The fourth-order valence-corrected chi connectivity index (χ4v) is 6.06. The molecule has 240 valence electrons. The number of nitrogens with two attached hydrogens (primary N) is 1. The third-order valence-corrected chi connectivity index (χ3v) is 7.28. The number of rotatable bonds is 2. The molecule has 0 saturated carbocycles. The van der Waals surface area contributed by atoms with Crippen LogP contribution in [0.1, 0.15) is 61.1 Å². The van der Waals surface area contributed by atoms with Crippen molar-refractivity contribution < 1.29 is 23.9 Å². The van der Waals surface area contributed by atoms with Crippen LogP contribution in [0.2, 0.25) is 0 Å². The van der Waals surface area contributed by atoms with Gasteiger partial charge in [0.1, 0.15) is 0 Å². The largest absolute Gasteiger partial charge is 0.398 e. The van der Waals surface area contributed by atoms with Crippen LogP contribution in [0.25, 0.3) is 0 Å². The zero-order valence-electron chi connectivity index (χ0n) is 27.2. The number of anilines is 3. The fraction of sp³-hybridized carbons (Fsp3) is 0.333. The number of benzene rings is 3. The van der Waals surface area contributed by atoms with Crippen molar-refractivity contribution in [2.24, 2.45) is 0 Å². The maximum absolute atomic E-state index is 11.2. The molecule has 0 saturated heterocycles. The smallest absolute Gasteiger partial charge is 0.310 e. The first kappa shape index (κ1) is 41.0. The average molecular weight is 800 g/mol. The van der Waals surface area contributed by atoms with Crippen molar-refractivity contribution in [3.05, 3.63) is 83.2 Å². The molecule has 0 fully saturated rings. The van der Waals surface area contributed by atoms with Crippen molar-refractivity contribution in [1.82, 2.24) is 0 Å². The monoisotopic (exact) mass is 797 g/mol. The number of nitrogen functional groups attached to an aromatic ring is 1. The molecule has 0 aliphatic heterocycles. The second-order valence-corrected chi connectivity index (χ2v) is 12.8. The van der Waals surface area contributed by atoms with E-state index in [0.717, 1.165) is 63.9 Å². The molecular weight excluding hydrogens is 758 g/mol. The van der Waals surface area contributed by atoms with Gasteiger partial charge in [0.15, 0.2) is 0 Å². The molecule has 0 radical (unpaired) electrons. The highest BCUT2D eigenvalue weighted by atomic mass is 79.9. The van der Waals surface area contributed by atoms with E-state index >= 15 is 0 Å². The first-order valence-corrected chi connectivity index (χ1v) is 15.8. The number of ether oxygens (including phenoxy) is 1. The zero-order valence-corrected chi connectivity index (χ0v) is 31.9. The van der Waals surface area contributed by atoms with Crippen LogP contribution < -0.4 is 16.0 Å². The van der Waals surface area contributed by atoms with Crippen LogP contribution in [-0.4, -0.2) is 30.8 Å². The van der Waals surface area contributed by atoms with Gasteiger partial charge >= 0.3 is 11.9 Å². The third kappa shape index (κ3) is 15.1. The van der Waals surface area contributed by atoms with Gasteiger partial charge < -0.3 is 20.7 Å². The molecule has 3 aromatic rings. The number of nitrogens with zero attached hydrogens (tertiary/aromatic N) is 1. The molecule has 3 aromatic carbocycles. The minimum Gasteiger partial charge on any atom is -0.398 e. The van der Waals surface area contributed by atoms with Crippen LogP contribution >= 0.6 is 47.8 Å². The lowest BCUT2D eigenvalue weighted by molar-refractivity contribution is -0.156. The summed E-state index contributed by atoms with van der Waals surface area (Å²) in [6.07, 6.45) is 0. The van der Waals surface area contributed by atoms with Gasteiger partial charge in [-0.3, -0.25) is 19.2 Å². The molecule has 0 atom stereocenters.